The lowest BCUT2D eigenvalue weighted by atomic mass is 10.0. The van der Waals surface area contributed by atoms with Crippen LogP contribution in [-0.2, 0) is 4.79 Å². The van der Waals surface area contributed by atoms with Gasteiger partial charge in [0.1, 0.15) is 5.70 Å². The van der Waals surface area contributed by atoms with Crippen LogP contribution in [0, 0.1) is 0 Å². The molecule has 38 heavy (non-hydrogen) atoms. The molecule has 2 rings (SSSR count). The van der Waals surface area contributed by atoms with Crippen molar-refractivity contribution in [3.8, 4) is 0 Å². The fraction of sp³-hybridized carbons (Fsp3) is 0.500. The van der Waals surface area contributed by atoms with Gasteiger partial charge in [-0.2, -0.15) is 0 Å². The molecule has 2 aromatic carbocycles. The molecule has 2 amide bonds. The molecular formula is C32H44Cl2N2O2. The van der Waals surface area contributed by atoms with Crippen LogP contribution < -0.4 is 10.6 Å². The molecule has 6 heteroatoms. The predicted molar refractivity (Wildman–Crippen MR) is 162 cm³/mol. The van der Waals surface area contributed by atoms with Crippen LogP contribution in [0.25, 0.3) is 6.08 Å². The molecule has 0 saturated heterocycles. The second-order valence-electron chi connectivity index (χ2n) is 9.90. The second-order valence-corrected chi connectivity index (χ2v) is 10.7. The minimum Gasteiger partial charge on any atom is -0.351 e. The van der Waals surface area contributed by atoms with Gasteiger partial charge in [-0.25, -0.2) is 0 Å². The Morgan fingerprint density at radius 2 is 1.26 bits per heavy atom. The Morgan fingerprint density at radius 1 is 0.711 bits per heavy atom. The number of carbonyl (C=O) groups is 2. The molecule has 0 aromatic heterocycles. The van der Waals surface area contributed by atoms with E-state index in [1.165, 1.54) is 77.0 Å². The zero-order valence-electron chi connectivity index (χ0n) is 22.9. The van der Waals surface area contributed by atoms with Crippen molar-refractivity contribution >= 4 is 41.1 Å². The molecule has 0 atom stereocenters. The number of benzene rings is 2. The van der Waals surface area contributed by atoms with Crippen molar-refractivity contribution < 1.29 is 9.59 Å². The van der Waals surface area contributed by atoms with Gasteiger partial charge in [0.05, 0.1) is 10.0 Å². The normalized spacial score (nSPS) is 11.4. The van der Waals surface area contributed by atoms with Gasteiger partial charge < -0.3 is 10.6 Å². The minimum absolute atomic E-state index is 0.169. The molecule has 2 aromatic rings. The molecule has 2 N–H and O–H groups in total. The van der Waals surface area contributed by atoms with Gasteiger partial charge in [0.15, 0.2) is 0 Å². The number of hydrogen-bond donors (Lipinski definition) is 2. The Kier molecular flexibility index (Phi) is 16.6. The summed E-state index contributed by atoms with van der Waals surface area (Å²) >= 11 is 12.2. The monoisotopic (exact) mass is 558 g/mol. The second kappa shape index (κ2) is 19.7. The standard InChI is InChI=1S/C32H44Cl2N2O2/c1-2-3-4-5-6-7-8-9-10-11-12-13-14-18-23-35-32(38)30(25-26-21-22-28(33)29(34)24-26)36-31(37)27-19-16-15-17-20-27/h15-17,19-22,24-25H,2-14,18,23H2,1H3,(H,35,38)(H,36,37)/b30-25-. The zero-order valence-corrected chi connectivity index (χ0v) is 24.4. The lowest BCUT2D eigenvalue weighted by molar-refractivity contribution is -0.117. The smallest absolute Gasteiger partial charge is 0.267 e. The third kappa shape index (κ3) is 13.5. The molecule has 0 aliphatic carbocycles. The molecule has 0 heterocycles. The van der Waals surface area contributed by atoms with E-state index < -0.39 is 0 Å². The fourth-order valence-electron chi connectivity index (χ4n) is 4.33. The van der Waals surface area contributed by atoms with Gasteiger partial charge in [0.2, 0.25) is 0 Å². The third-order valence-electron chi connectivity index (χ3n) is 6.60. The van der Waals surface area contributed by atoms with Crippen LogP contribution in [0.15, 0.2) is 54.2 Å². The van der Waals surface area contributed by atoms with Crippen LogP contribution in [0.3, 0.4) is 0 Å². The maximum absolute atomic E-state index is 12.9. The Balaban J connectivity index is 1.70. The topological polar surface area (TPSA) is 58.2 Å². The molecular weight excluding hydrogens is 515 g/mol. The summed E-state index contributed by atoms with van der Waals surface area (Å²) in [5.74, 6) is -0.668. The SMILES string of the molecule is CCCCCCCCCCCCCCCCNC(=O)/C(=C/c1ccc(Cl)c(Cl)c1)NC(=O)c1ccccc1. The minimum atomic E-state index is -0.344. The van der Waals surface area contributed by atoms with Crippen molar-refractivity contribution in [3.63, 3.8) is 0 Å². The maximum Gasteiger partial charge on any atom is 0.267 e. The van der Waals surface area contributed by atoms with E-state index in [9.17, 15) is 9.59 Å². The first-order valence-corrected chi connectivity index (χ1v) is 15.1. The van der Waals surface area contributed by atoms with E-state index in [-0.39, 0.29) is 17.5 Å². The summed E-state index contributed by atoms with van der Waals surface area (Å²) in [7, 11) is 0. The van der Waals surface area contributed by atoms with E-state index in [4.69, 9.17) is 23.2 Å². The largest absolute Gasteiger partial charge is 0.351 e. The van der Waals surface area contributed by atoms with Crippen LogP contribution in [0.1, 0.15) is 113 Å². The molecule has 0 aliphatic heterocycles. The van der Waals surface area contributed by atoms with Gasteiger partial charge in [-0.15, -0.1) is 0 Å². The number of halogens is 2. The molecule has 0 spiro atoms. The number of amides is 2. The van der Waals surface area contributed by atoms with E-state index >= 15 is 0 Å². The van der Waals surface area contributed by atoms with Crippen LogP contribution in [0.4, 0.5) is 0 Å². The molecule has 0 saturated carbocycles. The molecule has 0 unspecified atom stereocenters. The number of rotatable bonds is 19. The van der Waals surface area contributed by atoms with Crippen LogP contribution in [0.5, 0.6) is 0 Å². The summed E-state index contributed by atoms with van der Waals surface area (Å²) < 4.78 is 0. The highest BCUT2D eigenvalue weighted by Crippen LogP contribution is 2.23. The van der Waals surface area contributed by atoms with Gasteiger partial charge in [-0.3, -0.25) is 9.59 Å². The van der Waals surface area contributed by atoms with Crippen molar-refractivity contribution in [1.82, 2.24) is 10.6 Å². The summed E-state index contributed by atoms with van der Waals surface area (Å²) in [6, 6.07) is 13.9. The van der Waals surface area contributed by atoms with Gasteiger partial charge in [0.25, 0.3) is 11.8 Å². The van der Waals surface area contributed by atoms with Crippen molar-refractivity contribution in [2.75, 3.05) is 6.54 Å². The quantitative estimate of drug-likeness (QED) is 0.133. The molecule has 0 bridgehead atoms. The van der Waals surface area contributed by atoms with Gasteiger partial charge >= 0.3 is 0 Å². The summed E-state index contributed by atoms with van der Waals surface area (Å²) in [5.41, 5.74) is 1.32. The molecule has 0 aliphatic rings. The average Bonchev–Trinajstić information content (AvgIpc) is 2.92. The summed E-state index contributed by atoms with van der Waals surface area (Å²) in [4.78, 5) is 25.7. The Bertz CT molecular complexity index is 992. The van der Waals surface area contributed by atoms with Crippen LogP contribution in [-0.4, -0.2) is 18.4 Å². The van der Waals surface area contributed by atoms with Crippen molar-refractivity contribution in [3.05, 3.63) is 75.4 Å². The van der Waals surface area contributed by atoms with Crippen LogP contribution in [0.2, 0.25) is 10.0 Å². The van der Waals surface area contributed by atoms with Gasteiger partial charge in [0, 0.05) is 12.1 Å². The number of carbonyl (C=O) groups excluding carboxylic acids is 2. The Hall–Kier alpha value is -2.30. The lowest BCUT2D eigenvalue weighted by Gasteiger charge is -2.12. The zero-order chi connectivity index (χ0) is 27.4. The number of hydrogen-bond acceptors (Lipinski definition) is 2. The van der Waals surface area contributed by atoms with E-state index in [0.29, 0.717) is 27.7 Å². The summed E-state index contributed by atoms with van der Waals surface area (Å²) in [6.45, 7) is 2.83. The molecule has 4 nitrogen and oxygen atoms in total. The van der Waals surface area contributed by atoms with Crippen molar-refractivity contribution in [2.24, 2.45) is 0 Å². The fourth-order valence-corrected chi connectivity index (χ4v) is 4.63. The van der Waals surface area contributed by atoms with Crippen molar-refractivity contribution in [2.45, 2.75) is 96.8 Å². The first-order valence-electron chi connectivity index (χ1n) is 14.3. The van der Waals surface area contributed by atoms with Gasteiger partial charge in [-0.05, 0) is 42.3 Å². The summed E-state index contributed by atoms with van der Waals surface area (Å²) in [5, 5.41) is 6.52. The average molecular weight is 560 g/mol. The molecule has 0 fully saturated rings. The first kappa shape index (κ1) is 31.9. The molecule has 208 valence electrons. The highest BCUT2D eigenvalue weighted by Gasteiger charge is 2.14. The Labute approximate surface area is 239 Å². The first-order chi connectivity index (χ1) is 18.5. The van der Waals surface area contributed by atoms with E-state index in [2.05, 4.69) is 17.6 Å². The predicted octanol–water partition coefficient (Wildman–Crippen LogP) is 9.36. The van der Waals surface area contributed by atoms with E-state index in [1.807, 2.05) is 6.07 Å². The highest BCUT2D eigenvalue weighted by atomic mass is 35.5. The lowest BCUT2D eigenvalue weighted by Crippen LogP contribution is -2.35. The van der Waals surface area contributed by atoms with Crippen molar-refractivity contribution in [1.29, 1.82) is 0 Å². The number of unbranched alkanes of at least 4 members (excludes halogenated alkanes) is 13. The maximum atomic E-state index is 12.9. The Morgan fingerprint density at radius 3 is 1.82 bits per heavy atom. The molecule has 0 radical (unpaired) electrons. The third-order valence-corrected chi connectivity index (χ3v) is 7.34. The van der Waals surface area contributed by atoms with Crippen LogP contribution >= 0.6 is 23.2 Å². The van der Waals surface area contributed by atoms with E-state index in [0.717, 1.165) is 12.8 Å². The van der Waals surface area contributed by atoms with E-state index in [1.54, 1.807) is 48.5 Å². The number of nitrogens with one attached hydrogen (secondary N) is 2. The summed E-state index contributed by atoms with van der Waals surface area (Å²) in [6.07, 6.45) is 19.7. The highest BCUT2D eigenvalue weighted by molar-refractivity contribution is 6.42. The van der Waals surface area contributed by atoms with Gasteiger partial charge in [-0.1, -0.05) is 138 Å².